The molecule has 0 aliphatic carbocycles. The highest BCUT2D eigenvalue weighted by Gasteiger charge is 2.25. The maximum Gasteiger partial charge on any atom is 0.250 e. The van der Waals surface area contributed by atoms with Crippen LogP contribution in [0.25, 0.3) is 0 Å². The van der Waals surface area contributed by atoms with Gasteiger partial charge in [0.1, 0.15) is 4.21 Å². The molecule has 0 bridgehead atoms. The monoisotopic (exact) mass is 384 g/mol. The topological polar surface area (TPSA) is 49.4 Å². The molecule has 132 valence electrons. The van der Waals surface area contributed by atoms with Crippen LogP contribution in [0.1, 0.15) is 42.2 Å². The zero-order valence-corrected chi connectivity index (χ0v) is 16.4. The van der Waals surface area contributed by atoms with Gasteiger partial charge in [-0.25, -0.2) is 13.1 Å². The first-order valence-electron chi connectivity index (χ1n) is 8.38. The summed E-state index contributed by atoms with van der Waals surface area (Å²) in [6.07, 6.45) is 4.93. The summed E-state index contributed by atoms with van der Waals surface area (Å²) in [6.45, 7) is 4.44. The molecule has 3 rings (SSSR count). The predicted octanol–water partition coefficient (Wildman–Crippen LogP) is 4.01. The van der Waals surface area contributed by atoms with Crippen LogP contribution in [0.2, 0.25) is 0 Å². The van der Waals surface area contributed by atoms with Gasteiger partial charge in [-0.3, -0.25) is 4.90 Å². The number of nitrogens with one attached hydrogen (secondary N) is 1. The van der Waals surface area contributed by atoms with Crippen LogP contribution in [0.5, 0.6) is 0 Å². The lowest BCUT2D eigenvalue weighted by molar-refractivity contribution is 0.206. The Morgan fingerprint density at radius 1 is 1.17 bits per heavy atom. The zero-order chi connectivity index (χ0) is 17.0. The summed E-state index contributed by atoms with van der Waals surface area (Å²) < 4.78 is 28.4. The Balaban J connectivity index is 1.74. The molecule has 3 heterocycles. The Bertz CT molecular complexity index is 730. The Labute approximate surface area is 152 Å². The molecule has 1 N–H and O–H groups in total. The van der Waals surface area contributed by atoms with E-state index >= 15 is 0 Å². The normalized spacial score (nSPS) is 18.4. The third-order valence-electron chi connectivity index (χ3n) is 4.46. The van der Waals surface area contributed by atoms with E-state index in [1.807, 2.05) is 13.0 Å². The maximum atomic E-state index is 12.6. The highest BCUT2D eigenvalue weighted by molar-refractivity contribution is 7.91. The van der Waals surface area contributed by atoms with Crippen molar-refractivity contribution < 1.29 is 8.42 Å². The van der Waals surface area contributed by atoms with Gasteiger partial charge in [0.15, 0.2) is 0 Å². The summed E-state index contributed by atoms with van der Waals surface area (Å²) in [5, 5.41) is 4.20. The summed E-state index contributed by atoms with van der Waals surface area (Å²) in [5.74, 6) is 0. The third-order valence-corrected chi connectivity index (χ3v) is 8.07. The Morgan fingerprint density at radius 2 is 1.92 bits per heavy atom. The number of likely N-dealkylation sites (tertiary alicyclic amines) is 1. The van der Waals surface area contributed by atoms with Crippen LogP contribution in [0.3, 0.4) is 0 Å². The summed E-state index contributed by atoms with van der Waals surface area (Å²) in [7, 11) is -3.43. The molecule has 1 aliphatic heterocycles. The van der Waals surface area contributed by atoms with E-state index in [1.54, 1.807) is 17.4 Å². The van der Waals surface area contributed by atoms with Gasteiger partial charge in [-0.1, -0.05) is 12.8 Å². The second-order valence-electron chi connectivity index (χ2n) is 6.24. The third kappa shape index (κ3) is 4.46. The lowest BCUT2D eigenvalue weighted by atomic mass is 10.1. The van der Waals surface area contributed by atoms with E-state index in [0.717, 1.165) is 18.0 Å². The average molecular weight is 385 g/mol. The molecule has 1 aliphatic rings. The average Bonchev–Trinajstić information content (AvgIpc) is 3.15. The number of nitrogens with zero attached hydrogens (tertiary/aromatic N) is 1. The van der Waals surface area contributed by atoms with Crippen LogP contribution in [-0.2, 0) is 10.0 Å². The number of thiophene rings is 2. The van der Waals surface area contributed by atoms with Crippen molar-refractivity contribution in [1.82, 2.24) is 9.62 Å². The van der Waals surface area contributed by atoms with E-state index in [9.17, 15) is 8.42 Å². The first-order chi connectivity index (χ1) is 11.6. The smallest absolute Gasteiger partial charge is 0.250 e. The molecule has 24 heavy (non-hydrogen) atoms. The minimum Gasteiger partial charge on any atom is -0.295 e. The highest BCUT2D eigenvalue weighted by Crippen LogP contribution is 2.27. The molecule has 0 amide bonds. The van der Waals surface area contributed by atoms with Crippen molar-refractivity contribution in [3.05, 3.63) is 39.4 Å². The van der Waals surface area contributed by atoms with Gasteiger partial charge in [0.2, 0.25) is 10.0 Å². The summed E-state index contributed by atoms with van der Waals surface area (Å²) in [5.41, 5.74) is 1.21. The van der Waals surface area contributed by atoms with Crippen LogP contribution < -0.4 is 4.72 Å². The fourth-order valence-electron chi connectivity index (χ4n) is 3.15. The molecule has 0 radical (unpaired) electrons. The predicted molar refractivity (Wildman–Crippen MR) is 101 cm³/mol. The Hall–Kier alpha value is -0.730. The van der Waals surface area contributed by atoms with E-state index < -0.39 is 10.0 Å². The standard InChI is InChI=1S/C17H24N2O2S3/c1-14-6-7-17(23-14)24(20,21)18-12-16(15-8-11-22-13-15)19-9-4-2-3-5-10-19/h6-8,11,13,16,18H,2-5,9-10,12H2,1H3. The first kappa shape index (κ1) is 18.1. The summed E-state index contributed by atoms with van der Waals surface area (Å²) in [4.78, 5) is 3.45. The van der Waals surface area contributed by atoms with E-state index in [4.69, 9.17) is 0 Å². The number of sulfonamides is 1. The first-order valence-corrected chi connectivity index (χ1v) is 11.6. The van der Waals surface area contributed by atoms with Crippen LogP contribution in [0.4, 0.5) is 0 Å². The molecule has 0 saturated carbocycles. The van der Waals surface area contributed by atoms with Crippen molar-refractivity contribution in [2.24, 2.45) is 0 Å². The Kier molecular flexibility index (Phi) is 6.10. The fourth-order valence-corrected chi connectivity index (χ4v) is 6.22. The lowest BCUT2D eigenvalue weighted by Gasteiger charge is -2.30. The van der Waals surface area contributed by atoms with Gasteiger partial charge in [-0.15, -0.1) is 11.3 Å². The van der Waals surface area contributed by atoms with E-state index in [2.05, 4.69) is 26.4 Å². The summed E-state index contributed by atoms with van der Waals surface area (Å²) in [6, 6.07) is 5.77. The molecule has 1 fully saturated rings. The van der Waals surface area contributed by atoms with Crippen molar-refractivity contribution in [1.29, 1.82) is 0 Å². The fraction of sp³-hybridized carbons (Fsp3) is 0.529. The van der Waals surface area contributed by atoms with Crippen molar-refractivity contribution in [3.8, 4) is 0 Å². The number of hydrogen-bond donors (Lipinski definition) is 1. The number of hydrogen-bond acceptors (Lipinski definition) is 5. The summed E-state index contributed by atoms with van der Waals surface area (Å²) >= 11 is 2.99. The van der Waals surface area contributed by atoms with Crippen LogP contribution in [0, 0.1) is 6.92 Å². The molecule has 7 heteroatoms. The molecule has 1 atom stereocenters. The molecule has 1 saturated heterocycles. The van der Waals surface area contributed by atoms with Crippen molar-refractivity contribution >= 4 is 32.7 Å². The zero-order valence-electron chi connectivity index (χ0n) is 13.9. The second kappa shape index (κ2) is 8.10. The lowest BCUT2D eigenvalue weighted by Crippen LogP contribution is -2.38. The van der Waals surface area contributed by atoms with E-state index in [1.165, 1.54) is 42.6 Å². The van der Waals surface area contributed by atoms with Crippen LogP contribution >= 0.6 is 22.7 Å². The van der Waals surface area contributed by atoms with E-state index in [-0.39, 0.29) is 6.04 Å². The van der Waals surface area contributed by atoms with E-state index in [0.29, 0.717) is 10.8 Å². The minimum absolute atomic E-state index is 0.116. The van der Waals surface area contributed by atoms with Gasteiger partial charge in [-0.2, -0.15) is 11.3 Å². The molecule has 0 aromatic carbocycles. The van der Waals surface area contributed by atoms with Gasteiger partial charge in [0.05, 0.1) is 0 Å². The van der Waals surface area contributed by atoms with Gasteiger partial charge in [0, 0.05) is 17.5 Å². The maximum absolute atomic E-state index is 12.6. The number of aryl methyl sites for hydroxylation is 1. The van der Waals surface area contributed by atoms with Crippen molar-refractivity contribution in [3.63, 3.8) is 0 Å². The number of rotatable bonds is 6. The molecule has 1 unspecified atom stereocenters. The SMILES string of the molecule is Cc1ccc(S(=O)(=O)NCC(c2ccsc2)N2CCCCCC2)s1. The van der Waals surface area contributed by atoms with Gasteiger partial charge < -0.3 is 0 Å². The van der Waals surface area contributed by atoms with Crippen LogP contribution in [-0.4, -0.2) is 33.0 Å². The molecule has 4 nitrogen and oxygen atoms in total. The van der Waals surface area contributed by atoms with Gasteiger partial charge >= 0.3 is 0 Å². The molecule has 0 spiro atoms. The highest BCUT2D eigenvalue weighted by atomic mass is 32.2. The van der Waals surface area contributed by atoms with Crippen molar-refractivity contribution in [2.45, 2.75) is 42.9 Å². The molecular weight excluding hydrogens is 360 g/mol. The van der Waals surface area contributed by atoms with Gasteiger partial charge in [-0.05, 0) is 67.4 Å². The van der Waals surface area contributed by atoms with Gasteiger partial charge in [0.25, 0.3) is 0 Å². The second-order valence-corrected chi connectivity index (χ2v) is 10.3. The van der Waals surface area contributed by atoms with Crippen molar-refractivity contribution in [2.75, 3.05) is 19.6 Å². The largest absolute Gasteiger partial charge is 0.295 e. The minimum atomic E-state index is -3.43. The Morgan fingerprint density at radius 3 is 2.50 bits per heavy atom. The quantitative estimate of drug-likeness (QED) is 0.818. The molecule has 2 aromatic heterocycles. The molecule has 2 aromatic rings. The molecular formula is C17H24N2O2S3. The van der Waals surface area contributed by atoms with Crippen LogP contribution in [0.15, 0.2) is 33.2 Å².